The van der Waals surface area contributed by atoms with Crippen LogP contribution in [-0.4, -0.2) is 40.2 Å². The van der Waals surface area contributed by atoms with Crippen LogP contribution in [0.3, 0.4) is 0 Å². The van der Waals surface area contributed by atoms with Gasteiger partial charge in [0.15, 0.2) is 0 Å². The Hall–Kier alpha value is -2.54. The molecule has 28 heavy (non-hydrogen) atoms. The van der Waals surface area contributed by atoms with Crippen molar-refractivity contribution in [3.63, 3.8) is 0 Å². The van der Waals surface area contributed by atoms with Crippen LogP contribution in [0.25, 0.3) is 0 Å². The van der Waals surface area contributed by atoms with Crippen LogP contribution >= 0.6 is 0 Å². The molecule has 1 saturated heterocycles. The van der Waals surface area contributed by atoms with E-state index < -0.39 is 10.0 Å². The van der Waals surface area contributed by atoms with Crippen molar-refractivity contribution in [3.8, 4) is 0 Å². The summed E-state index contributed by atoms with van der Waals surface area (Å²) in [4.78, 5) is 14.9. The molecule has 0 saturated carbocycles. The summed E-state index contributed by atoms with van der Waals surface area (Å²) in [6, 6.07) is 14.4. The van der Waals surface area contributed by atoms with Gasteiger partial charge in [0.05, 0.1) is 11.4 Å². The highest BCUT2D eigenvalue weighted by Crippen LogP contribution is 2.22. The summed E-state index contributed by atoms with van der Waals surface area (Å²) in [6.07, 6.45) is 3.75. The average molecular weight is 402 g/mol. The average Bonchev–Trinajstić information content (AvgIpc) is 2.74. The van der Waals surface area contributed by atoms with Gasteiger partial charge < -0.3 is 10.2 Å². The first kappa shape index (κ1) is 20.2. The number of hydrogen-bond donors (Lipinski definition) is 1. The number of nitrogens with one attached hydrogen (secondary N) is 1. The lowest BCUT2D eigenvalue weighted by atomic mass is 10.1. The van der Waals surface area contributed by atoms with Crippen molar-refractivity contribution in [1.29, 1.82) is 0 Å². The van der Waals surface area contributed by atoms with Gasteiger partial charge in [-0.1, -0.05) is 0 Å². The first-order valence-corrected chi connectivity index (χ1v) is 11.2. The number of carbonyl (C=O) groups excluding carboxylic acids is 1. The summed E-state index contributed by atoms with van der Waals surface area (Å²) in [5, 5.41) is 2.89. The van der Waals surface area contributed by atoms with Crippen LogP contribution in [0.5, 0.6) is 0 Å². The van der Waals surface area contributed by atoms with E-state index in [1.54, 1.807) is 31.2 Å². The highest BCUT2D eigenvalue weighted by Gasteiger charge is 2.16. The van der Waals surface area contributed by atoms with E-state index in [2.05, 4.69) is 10.2 Å². The van der Waals surface area contributed by atoms with Gasteiger partial charge in [0.1, 0.15) is 0 Å². The largest absolute Gasteiger partial charge is 0.372 e. The van der Waals surface area contributed by atoms with E-state index in [9.17, 15) is 13.2 Å². The Morgan fingerprint density at radius 1 is 1.00 bits per heavy atom. The van der Waals surface area contributed by atoms with E-state index in [0.29, 0.717) is 11.3 Å². The van der Waals surface area contributed by atoms with Crippen LogP contribution in [0.15, 0.2) is 48.5 Å². The number of sulfonamides is 1. The van der Waals surface area contributed by atoms with Crippen LogP contribution in [-0.2, 0) is 10.0 Å². The third-order valence-electron chi connectivity index (χ3n) is 5.12. The lowest BCUT2D eigenvalue weighted by molar-refractivity contribution is 0.102. The van der Waals surface area contributed by atoms with Gasteiger partial charge in [-0.2, -0.15) is 0 Å². The molecule has 6 nitrogen and oxygen atoms in total. The summed E-state index contributed by atoms with van der Waals surface area (Å²) in [7, 11) is -1.81. The van der Waals surface area contributed by atoms with Gasteiger partial charge in [-0.3, -0.25) is 9.10 Å². The fraction of sp³-hybridized carbons (Fsp3) is 0.381. The second-order valence-corrected chi connectivity index (χ2v) is 9.25. The number of carbonyl (C=O) groups is 1. The zero-order chi connectivity index (χ0) is 20.1. The number of piperidine rings is 1. The van der Waals surface area contributed by atoms with E-state index in [4.69, 9.17) is 0 Å². The predicted octanol–water partition coefficient (Wildman–Crippen LogP) is 3.72. The van der Waals surface area contributed by atoms with Crippen molar-refractivity contribution in [2.45, 2.75) is 26.2 Å². The minimum absolute atomic E-state index is 0.0269. The Morgan fingerprint density at radius 3 is 2.18 bits per heavy atom. The minimum Gasteiger partial charge on any atom is -0.372 e. The van der Waals surface area contributed by atoms with E-state index >= 15 is 0 Å². The maximum atomic E-state index is 12.5. The smallest absolute Gasteiger partial charge is 0.255 e. The molecule has 150 valence electrons. The number of rotatable bonds is 6. The third kappa shape index (κ3) is 4.65. The van der Waals surface area contributed by atoms with Gasteiger partial charge in [-0.15, -0.1) is 0 Å². The molecule has 1 fully saturated rings. The van der Waals surface area contributed by atoms with Crippen molar-refractivity contribution >= 4 is 33.0 Å². The standard InChI is InChI=1S/C21H27N3O3S/c1-3-28(26,27)23(2)19-11-7-17(8-12-19)21(25)22-18-9-13-20(14-10-18)24-15-5-4-6-16-24/h7-14H,3-6,15-16H2,1-2H3,(H,22,25). The van der Waals surface area contributed by atoms with Crippen LogP contribution in [0.2, 0.25) is 0 Å². The zero-order valence-electron chi connectivity index (χ0n) is 16.4. The van der Waals surface area contributed by atoms with E-state index in [1.165, 1.54) is 36.3 Å². The summed E-state index contributed by atoms with van der Waals surface area (Å²) in [6.45, 7) is 3.77. The fourth-order valence-electron chi connectivity index (χ4n) is 3.29. The minimum atomic E-state index is -3.32. The Bertz CT molecular complexity index is 903. The molecule has 0 radical (unpaired) electrons. The molecule has 1 heterocycles. The molecule has 2 aromatic rings. The monoisotopic (exact) mass is 401 g/mol. The molecular weight excluding hydrogens is 374 g/mol. The van der Waals surface area contributed by atoms with Crippen molar-refractivity contribution in [1.82, 2.24) is 0 Å². The molecule has 0 spiro atoms. The van der Waals surface area contributed by atoms with E-state index in [0.717, 1.165) is 18.8 Å². The second-order valence-electron chi connectivity index (χ2n) is 6.96. The summed E-state index contributed by atoms with van der Waals surface area (Å²) in [5.74, 6) is -0.197. The Labute approximate surface area is 167 Å². The Balaban J connectivity index is 1.64. The van der Waals surface area contributed by atoms with Crippen molar-refractivity contribution in [2.24, 2.45) is 0 Å². The highest BCUT2D eigenvalue weighted by atomic mass is 32.2. The molecule has 7 heteroatoms. The van der Waals surface area contributed by atoms with Crippen molar-refractivity contribution < 1.29 is 13.2 Å². The van der Waals surface area contributed by atoms with Gasteiger partial charge in [0.25, 0.3) is 5.91 Å². The molecule has 1 N–H and O–H groups in total. The molecule has 2 aromatic carbocycles. The van der Waals surface area contributed by atoms with Gasteiger partial charge in [0, 0.05) is 37.1 Å². The summed E-state index contributed by atoms with van der Waals surface area (Å²) < 4.78 is 25.1. The van der Waals surface area contributed by atoms with Gasteiger partial charge in [0.2, 0.25) is 10.0 Å². The number of hydrogen-bond acceptors (Lipinski definition) is 4. The summed E-state index contributed by atoms with van der Waals surface area (Å²) >= 11 is 0. The van der Waals surface area contributed by atoms with Crippen LogP contribution in [0.4, 0.5) is 17.1 Å². The van der Waals surface area contributed by atoms with Crippen LogP contribution in [0, 0.1) is 0 Å². The van der Waals surface area contributed by atoms with Crippen LogP contribution in [0.1, 0.15) is 36.5 Å². The molecule has 0 atom stereocenters. The quantitative estimate of drug-likeness (QED) is 0.801. The number of amides is 1. The first-order valence-electron chi connectivity index (χ1n) is 9.64. The molecule has 0 aliphatic carbocycles. The van der Waals surface area contributed by atoms with Crippen LogP contribution < -0.4 is 14.5 Å². The third-order valence-corrected chi connectivity index (χ3v) is 6.90. The van der Waals surface area contributed by atoms with Gasteiger partial charge in [-0.25, -0.2) is 8.42 Å². The molecule has 0 bridgehead atoms. The molecule has 0 aromatic heterocycles. The second kappa shape index (κ2) is 8.65. The molecule has 3 rings (SSSR count). The van der Waals surface area contributed by atoms with Crippen molar-refractivity contribution in [2.75, 3.05) is 40.4 Å². The number of nitrogens with zero attached hydrogens (tertiary/aromatic N) is 2. The lowest BCUT2D eigenvalue weighted by Gasteiger charge is -2.28. The Morgan fingerprint density at radius 2 is 1.61 bits per heavy atom. The normalized spacial score (nSPS) is 14.6. The fourth-order valence-corrected chi connectivity index (χ4v) is 4.12. The maximum absolute atomic E-state index is 12.5. The molecule has 1 aliphatic heterocycles. The van der Waals surface area contributed by atoms with Gasteiger partial charge >= 0.3 is 0 Å². The number of anilines is 3. The molecule has 1 amide bonds. The topological polar surface area (TPSA) is 69.7 Å². The molecule has 1 aliphatic rings. The zero-order valence-corrected chi connectivity index (χ0v) is 17.2. The SMILES string of the molecule is CCS(=O)(=O)N(C)c1ccc(C(=O)Nc2ccc(N3CCCCC3)cc2)cc1. The lowest BCUT2D eigenvalue weighted by Crippen LogP contribution is -2.29. The van der Waals surface area contributed by atoms with E-state index in [1.807, 2.05) is 24.3 Å². The Kier molecular flexibility index (Phi) is 6.24. The first-order chi connectivity index (χ1) is 13.4. The predicted molar refractivity (Wildman–Crippen MR) is 115 cm³/mol. The molecular formula is C21H27N3O3S. The van der Waals surface area contributed by atoms with E-state index in [-0.39, 0.29) is 11.7 Å². The maximum Gasteiger partial charge on any atom is 0.255 e. The highest BCUT2D eigenvalue weighted by molar-refractivity contribution is 7.92. The molecule has 0 unspecified atom stereocenters. The van der Waals surface area contributed by atoms with Gasteiger partial charge in [-0.05, 0) is 74.7 Å². The number of benzene rings is 2. The van der Waals surface area contributed by atoms with Crippen molar-refractivity contribution in [3.05, 3.63) is 54.1 Å². The summed E-state index contributed by atoms with van der Waals surface area (Å²) in [5.41, 5.74) is 2.93.